The molecule has 3 heterocycles. The van der Waals surface area contributed by atoms with Crippen molar-refractivity contribution in [2.24, 2.45) is 0 Å². The lowest BCUT2D eigenvalue weighted by Crippen LogP contribution is -2.45. The van der Waals surface area contributed by atoms with Gasteiger partial charge in [-0.1, -0.05) is 0 Å². The number of aromatic nitrogens is 3. The van der Waals surface area contributed by atoms with Crippen LogP contribution >= 0.6 is 11.6 Å². The second-order valence-corrected chi connectivity index (χ2v) is 8.93. The summed E-state index contributed by atoms with van der Waals surface area (Å²) in [4.78, 5) is 20.7. The molecule has 1 aromatic carbocycles. The first kappa shape index (κ1) is 23.2. The van der Waals surface area contributed by atoms with Crippen molar-refractivity contribution in [2.45, 2.75) is 39.0 Å². The number of aryl methyl sites for hydroxylation is 1. The van der Waals surface area contributed by atoms with Gasteiger partial charge in [0.15, 0.2) is 11.6 Å². The summed E-state index contributed by atoms with van der Waals surface area (Å²) in [7, 11) is 0. The molecule has 0 spiro atoms. The quantitative estimate of drug-likeness (QED) is 0.427. The summed E-state index contributed by atoms with van der Waals surface area (Å²) in [6, 6.07) is 5.58. The normalized spacial score (nSPS) is 15.8. The molecule has 0 radical (unpaired) electrons. The zero-order valence-corrected chi connectivity index (χ0v) is 18.8. The maximum atomic E-state index is 13.7. The number of nitrogens with zero attached hydrogens (tertiary/aromatic N) is 5. The second kappa shape index (κ2) is 8.77. The van der Waals surface area contributed by atoms with Gasteiger partial charge in [-0.15, -0.1) is 0 Å². The predicted octanol–water partition coefficient (Wildman–Crippen LogP) is 3.90. The summed E-state index contributed by atoms with van der Waals surface area (Å²) in [5.41, 5.74) is 2.76. The molecule has 0 fully saturated rings. The van der Waals surface area contributed by atoms with Gasteiger partial charge in [-0.05, 0) is 70.7 Å². The van der Waals surface area contributed by atoms with Gasteiger partial charge in [-0.2, -0.15) is 0 Å². The van der Waals surface area contributed by atoms with Crippen LogP contribution in [0.15, 0.2) is 30.5 Å². The highest BCUT2D eigenvalue weighted by Crippen LogP contribution is 2.28. The molecular formula is C22H22ClF2N5O3. The van der Waals surface area contributed by atoms with Crippen LogP contribution in [-0.2, 0) is 19.5 Å². The van der Waals surface area contributed by atoms with Crippen molar-refractivity contribution >= 4 is 17.4 Å². The van der Waals surface area contributed by atoms with E-state index in [2.05, 4.69) is 14.9 Å². The Morgan fingerprint density at radius 1 is 1.24 bits per heavy atom. The molecule has 33 heavy (non-hydrogen) atoms. The van der Waals surface area contributed by atoms with E-state index in [4.69, 9.17) is 11.6 Å². The van der Waals surface area contributed by atoms with Gasteiger partial charge in [0.1, 0.15) is 6.20 Å². The first-order valence-corrected chi connectivity index (χ1v) is 10.7. The summed E-state index contributed by atoms with van der Waals surface area (Å²) in [6.45, 7) is 5.12. The monoisotopic (exact) mass is 477 g/mol. The van der Waals surface area contributed by atoms with Crippen LogP contribution in [0.4, 0.5) is 14.6 Å². The molecule has 1 unspecified atom stereocenters. The van der Waals surface area contributed by atoms with Crippen LogP contribution < -0.4 is 0 Å². The second-order valence-electron chi connectivity index (χ2n) is 8.59. The largest absolute Gasteiger partial charge is 0.387 e. The molecule has 0 saturated heterocycles. The average Bonchev–Trinajstić information content (AvgIpc) is 3.10. The zero-order valence-electron chi connectivity index (χ0n) is 18.1. The molecule has 4 rings (SSSR count). The highest BCUT2D eigenvalue weighted by molar-refractivity contribution is 6.28. The Bertz CT molecular complexity index is 1230. The first-order valence-electron chi connectivity index (χ1n) is 10.3. The number of β-amino-alcohol motifs (C(OH)–C–C–N with tert-alkyl or cyclic N) is 1. The first-order chi connectivity index (χ1) is 15.5. The standard InChI is InChI=1S/C22H22ClF2N5O3/c1-13-7-19(14-3-4-16(24)17(25)8-14)26-18-5-6-28(9-15(13)18)11-22(2,31)12-29-10-20(30(32)33)27-21(29)23/h3-4,7-8,10,31H,5-6,9,11-12H2,1-2H3. The van der Waals surface area contributed by atoms with Gasteiger partial charge < -0.3 is 15.2 Å². The van der Waals surface area contributed by atoms with Gasteiger partial charge >= 0.3 is 11.1 Å². The Morgan fingerprint density at radius 2 is 2.00 bits per heavy atom. The van der Waals surface area contributed by atoms with Crippen molar-refractivity contribution in [3.8, 4) is 11.3 Å². The van der Waals surface area contributed by atoms with Crippen molar-refractivity contribution in [1.82, 2.24) is 19.4 Å². The van der Waals surface area contributed by atoms with E-state index in [0.29, 0.717) is 37.3 Å². The lowest BCUT2D eigenvalue weighted by atomic mass is 9.96. The van der Waals surface area contributed by atoms with Crippen LogP contribution in [0.25, 0.3) is 11.3 Å². The number of hydrogen-bond acceptors (Lipinski definition) is 6. The minimum atomic E-state index is -1.22. The maximum absolute atomic E-state index is 13.7. The van der Waals surface area contributed by atoms with Crippen molar-refractivity contribution in [1.29, 1.82) is 0 Å². The SMILES string of the molecule is Cc1cc(-c2ccc(F)c(F)c2)nc2c1CN(CC(C)(O)Cn1cc([N+](=O)[O-])nc1Cl)CC2. The van der Waals surface area contributed by atoms with E-state index < -0.39 is 22.2 Å². The molecule has 0 saturated carbocycles. The number of pyridine rings is 1. The number of aliphatic hydroxyl groups is 1. The van der Waals surface area contributed by atoms with Crippen LogP contribution in [0.3, 0.4) is 0 Å². The molecule has 11 heteroatoms. The molecule has 8 nitrogen and oxygen atoms in total. The highest BCUT2D eigenvalue weighted by Gasteiger charge is 2.30. The highest BCUT2D eigenvalue weighted by atomic mass is 35.5. The number of benzene rings is 1. The van der Waals surface area contributed by atoms with Crippen molar-refractivity contribution in [3.05, 3.63) is 74.3 Å². The Hall–Kier alpha value is -2.95. The van der Waals surface area contributed by atoms with Crippen LogP contribution in [0, 0.1) is 28.7 Å². The van der Waals surface area contributed by atoms with Crippen LogP contribution in [0.1, 0.15) is 23.7 Å². The molecule has 0 aliphatic carbocycles. The molecule has 3 aromatic rings. The number of imidazole rings is 1. The topological polar surface area (TPSA) is 97.3 Å². The fraction of sp³-hybridized carbons (Fsp3) is 0.364. The van der Waals surface area contributed by atoms with E-state index in [1.54, 1.807) is 6.92 Å². The Kier molecular flexibility index (Phi) is 6.17. The number of halogens is 3. The number of nitro groups is 1. The number of rotatable bonds is 6. The fourth-order valence-corrected chi connectivity index (χ4v) is 4.37. The lowest BCUT2D eigenvalue weighted by Gasteiger charge is -2.35. The Labute approximate surface area is 193 Å². The maximum Gasteiger partial charge on any atom is 0.383 e. The predicted molar refractivity (Wildman–Crippen MR) is 118 cm³/mol. The van der Waals surface area contributed by atoms with Crippen LogP contribution in [0.5, 0.6) is 0 Å². The fourth-order valence-electron chi connectivity index (χ4n) is 4.17. The van der Waals surface area contributed by atoms with Crippen molar-refractivity contribution in [3.63, 3.8) is 0 Å². The van der Waals surface area contributed by atoms with Gasteiger partial charge in [0.25, 0.3) is 0 Å². The van der Waals surface area contributed by atoms with E-state index in [0.717, 1.165) is 29.0 Å². The lowest BCUT2D eigenvalue weighted by molar-refractivity contribution is -0.389. The molecular weight excluding hydrogens is 456 g/mol. The van der Waals surface area contributed by atoms with E-state index in [9.17, 15) is 24.0 Å². The summed E-state index contributed by atoms with van der Waals surface area (Å²) in [5, 5.41) is 21.8. The third-order valence-corrected chi connectivity index (χ3v) is 5.97. The summed E-state index contributed by atoms with van der Waals surface area (Å²) in [6.07, 6.45) is 1.83. The van der Waals surface area contributed by atoms with Gasteiger partial charge in [0.05, 0.1) is 17.8 Å². The van der Waals surface area contributed by atoms with E-state index in [1.165, 1.54) is 16.8 Å². The molecule has 1 aliphatic rings. The molecule has 1 atom stereocenters. The van der Waals surface area contributed by atoms with E-state index in [-0.39, 0.29) is 17.6 Å². The minimum absolute atomic E-state index is 0.0440. The van der Waals surface area contributed by atoms with Gasteiger partial charge in [-0.25, -0.2) is 8.78 Å². The summed E-state index contributed by atoms with van der Waals surface area (Å²) >= 11 is 5.98. The smallest absolute Gasteiger partial charge is 0.383 e. The molecule has 0 amide bonds. The molecule has 2 aromatic heterocycles. The van der Waals surface area contributed by atoms with Crippen LogP contribution in [-0.4, -0.2) is 48.2 Å². The molecule has 1 N–H and O–H groups in total. The van der Waals surface area contributed by atoms with Crippen molar-refractivity contribution < 1.29 is 18.8 Å². The van der Waals surface area contributed by atoms with Gasteiger partial charge in [0.2, 0.25) is 0 Å². The van der Waals surface area contributed by atoms with Gasteiger partial charge in [-0.3, -0.25) is 14.5 Å². The summed E-state index contributed by atoms with van der Waals surface area (Å²) in [5.74, 6) is -2.19. The van der Waals surface area contributed by atoms with Gasteiger partial charge in [0, 0.05) is 37.3 Å². The van der Waals surface area contributed by atoms with Crippen molar-refractivity contribution in [2.75, 3.05) is 13.1 Å². The third-order valence-electron chi connectivity index (χ3n) is 5.67. The Morgan fingerprint density at radius 3 is 2.67 bits per heavy atom. The van der Waals surface area contributed by atoms with E-state index in [1.807, 2.05) is 13.0 Å². The molecule has 174 valence electrons. The Balaban J connectivity index is 1.49. The summed E-state index contributed by atoms with van der Waals surface area (Å²) < 4.78 is 28.3. The average molecular weight is 478 g/mol. The zero-order chi connectivity index (χ0) is 23.9. The molecule has 1 aliphatic heterocycles. The number of hydrogen-bond donors (Lipinski definition) is 1. The molecule has 0 bridgehead atoms. The third kappa shape index (κ3) is 5.02. The minimum Gasteiger partial charge on any atom is -0.387 e. The number of fused-ring (bicyclic) bond motifs is 1. The van der Waals surface area contributed by atoms with Crippen LogP contribution in [0.2, 0.25) is 5.28 Å². The van der Waals surface area contributed by atoms with E-state index >= 15 is 0 Å².